The van der Waals surface area contributed by atoms with Gasteiger partial charge in [0.15, 0.2) is 0 Å². The van der Waals surface area contributed by atoms with E-state index in [9.17, 15) is 9.59 Å². The van der Waals surface area contributed by atoms with Gasteiger partial charge in [-0.25, -0.2) is 4.79 Å². The zero-order valence-corrected chi connectivity index (χ0v) is 10.5. The van der Waals surface area contributed by atoms with Gasteiger partial charge in [0.25, 0.3) is 0 Å². The second-order valence-corrected chi connectivity index (χ2v) is 3.55. The van der Waals surface area contributed by atoms with Gasteiger partial charge in [-0.1, -0.05) is 36.4 Å². The molecule has 0 fully saturated rings. The highest BCUT2D eigenvalue weighted by molar-refractivity contribution is 5.81. The quantitative estimate of drug-likeness (QED) is 0.749. The van der Waals surface area contributed by atoms with Crippen molar-refractivity contribution in [3.63, 3.8) is 0 Å². The van der Waals surface area contributed by atoms with E-state index >= 15 is 0 Å². The maximum absolute atomic E-state index is 11.5. The van der Waals surface area contributed by atoms with Crippen LogP contribution in [0.3, 0.4) is 0 Å². The van der Waals surface area contributed by atoms with Crippen LogP contribution in [0.25, 0.3) is 6.08 Å². The maximum atomic E-state index is 11.5. The van der Waals surface area contributed by atoms with E-state index < -0.39 is 18.0 Å². The fraction of sp³-hybridized carbons (Fsp3) is 0.286. The molecule has 1 aromatic carbocycles. The molecule has 0 aliphatic heterocycles. The Morgan fingerprint density at radius 2 is 1.94 bits per heavy atom. The molecule has 18 heavy (non-hydrogen) atoms. The molecular weight excluding hydrogens is 232 g/mol. The van der Waals surface area contributed by atoms with E-state index in [1.54, 1.807) is 13.0 Å². The predicted octanol–water partition coefficient (Wildman–Crippen LogP) is 2.19. The van der Waals surface area contributed by atoms with Crippen molar-refractivity contribution >= 4 is 18.0 Å². The van der Waals surface area contributed by atoms with Gasteiger partial charge in [-0.15, -0.1) is 0 Å². The predicted molar refractivity (Wildman–Crippen MR) is 67.7 cm³/mol. The van der Waals surface area contributed by atoms with Crippen molar-refractivity contribution in [2.45, 2.75) is 20.0 Å². The lowest BCUT2D eigenvalue weighted by molar-refractivity contribution is -0.162. The SMILES string of the molecule is CCOC(=O)C(/C=C/c1ccccc1)OC(C)=O. The summed E-state index contributed by atoms with van der Waals surface area (Å²) in [7, 11) is 0. The molecule has 1 unspecified atom stereocenters. The smallest absolute Gasteiger partial charge is 0.351 e. The molecule has 0 amide bonds. The summed E-state index contributed by atoms with van der Waals surface area (Å²) in [5, 5.41) is 0. The topological polar surface area (TPSA) is 52.6 Å². The van der Waals surface area contributed by atoms with Crippen molar-refractivity contribution < 1.29 is 19.1 Å². The zero-order chi connectivity index (χ0) is 13.4. The first-order chi connectivity index (χ1) is 8.63. The molecular formula is C14H16O4. The van der Waals surface area contributed by atoms with Crippen molar-refractivity contribution in [2.24, 2.45) is 0 Å². The standard InChI is InChI=1S/C14H16O4/c1-3-17-14(16)13(18-11(2)15)10-9-12-7-5-4-6-8-12/h4-10,13H,3H2,1-2H3/b10-9+. The highest BCUT2D eigenvalue weighted by Crippen LogP contribution is 2.06. The van der Waals surface area contributed by atoms with Crippen molar-refractivity contribution in [3.05, 3.63) is 42.0 Å². The highest BCUT2D eigenvalue weighted by Gasteiger charge is 2.19. The summed E-state index contributed by atoms with van der Waals surface area (Å²) in [4.78, 5) is 22.5. The van der Waals surface area contributed by atoms with Crippen LogP contribution in [0.5, 0.6) is 0 Å². The number of carbonyl (C=O) groups is 2. The average molecular weight is 248 g/mol. The molecule has 0 spiro atoms. The van der Waals surface area contributed by atoms with Crippen molar-refractivity contribution in [2.75, 3.05) is 6.61 Å². The number of esters is 2. The highest BCUT2D eigenvalue weighted by atomic mass is 16.6. The van der Waals surface area contributed by atoms with Crippen LogP contribution >= 0.6 is 0 Å². The van der Waals surface area contributed by atoms with Crippen LogP contribution in [0.1, 0.15) is 19.4 Å². The van der Waals surface area contributed by atoms with Crippen LogP contribution in [-0.2, 0) is 19.1 Å². The summed E-state index contributed by atoms with van der Waals surface area (Å²) >= 11 is 0. The Labute approximate surface area is 106 Å². The number of benzene rings is 1. The number of hydrogen-bond donors (Lipinski definition) is 0. The lowest BCUT2D eigenvalue weighted by atomic mass is 10.2. The van der Waals surface area contributed by atoms with Gasteiger partial charge in [-0.3, -0.25) is 4.79 Å². The first-order valence-corrected chi connectivity index (χ1v) is 5.70. The van der Waals surface area contributed by atoms with Crippen LogP contribution in [0.4, 0.5) is 0 Å². The molecule has 0 heterocycles. The number of carbonyl (C=O) groups excluding carboxylic acids is 2. The van der Waals surface area contributed by atoms with Crippen LogP contribution in [-0.4, -0.2) is 24.6 Å². The van der Waals surface area contributed by atoms with E-state index in [-0.39, 0.29) is 6.61 Å². The molecule has 1 rings (SSSR count). The third kappa shape index (κ3) is 4.82. The molecule has 0 N–H and O–H groups in total. The lowest BCUT2D eigenvalue weighted by Crippen LogP contribution is -2.26. The molecule has 0 saturated heterocycles. The first kappa shape index (κ1) is 14.0. The third-order valence-electron chi connectivity index (χ3n) is 2.07. The molecule has 0 aromatic heterocycles. The molecule has 0 aliphatic carbocycles. The van der Waals surface area contributed by atoms with Crippen LogP contribution in [0.2, 0.25) is 0 Å². The van der Waals surface area contributed by atoms with Gasteiger partial charge >= 0.3 is 11.9 Å². The van der Waals surface area contributed by atoms with Gasteiger partial charge in [-0.2, -0.15) is 0 Å². The second-order valence-electron chi connectivity index (χ2n) is 3.55. The Bertz CT molecular complexity index is 423. The van der Waals surface area contributed by atoms with E-state index in [1.165, 1.54) is 13.0 Å². The van der Waals surface area contributed by atoms with Gasteiger partial charge in [0.2, 0.25) is 6.10 Å². The molecule has 4 nitrogen and oxygen atoms in total. The minimum Gasteiger partial charge on any atom is -0.463 e. The molecule has 96 valence electrons. The fourth-order valence-corrected chi connectivity index (χ4v) is 1.33. The molecule has 1 aromatic rings. The van der Waals surface area contributed by atoms with Gasteiger partial charge in [0.1, 0.15) is 0 Å². The fourth-order valence-electron chi connectivity index (χ4n) is 1.33. The third-order valence-corrected chi connectivity index (χ3v) is 2.07. The summed E-state index contributed by atoms with van der Waals surface area (Å²) < 4.78 is 9.71. The number of rotatable bonds is 5. The van der Waals surface area contributed by atoms with E-state index in [1.807, 2.05) is 30.3 Å². The van der Waals surface area contributed by atoms with Crippen molar-refractivity contribution in [1.29, 1.82) is 0 Å². The van der Waals surface area contributed by atoms with E-state index in [2.05, 4.69) is 0 Å². The van der Waals surface area contributed by atoms with Crippen LogP contribution < -0.4 is 0 Å². The maximum Gasteiger partial charge on any atom is 0.351 e. The molecule has 0 radical (unpaired) electrons. The van der Waals surface area contributed by atoms with Gasteiger partial charge in [0.05, 0.1) is 6.61 Å². The molecule has 0 aliphatic rings. The van der Waals surface area contributed by atoms with Crippen LogP contribution in [0, 0.1) is 0 Å². The van der Waals surface area contributed by atoms with E-state index in [0.29, 0.717) is 0 Å². The number of hydrogen-bond acceptors (Lipinski definition) is 4. The van der Waals surface area contributed by atoms with Crippen molar-refractivity contribution in [1.82, 2.24) is 0 Å². The summed E-state index contributed by atoms with van der Waals surface area (Å²) in [5.41, 5.74) is 0.916. The summed E-state index contributed by atoms with van der Waals surface area (Å²) in [6.45, 7) is 3.20. The average Bonchev–Trinajstić information content (AvgIpc) is 2.35. The monoisotopic (exact) mass is 248 g/mol. The minimum absolute atomic E-state index is 0.246. The second kappa shape index (κ2) is 7.27. The van der Waals surface area contributed by atoms with E-state index in [4.69, 9.17) is 9.47 Å². The van der Waals surface area contributed by atoms with Gasteiger partial charge in [0, 0.05) is 6.92 Å². The molecule has 0 bridgehead atoms. The van der Waals surface area contributed by atoms with Crippen LogP contribution in [0.15, 0.2) is 36.4 Å². The first-order valence-electron chi connectivity index (χ1n) is 5.70. The van der Waals surface area contributed by atoms with E-state index in [0.717, 1.165) is 5.56 Å². The normalized spacial score (nSPS) is 12.1. The Kier molecular flexibility index (Phi) is 5.64. The molecule has 4 heteroatoms. The largest absolute Gasteiger partial charge is 0.463 e. The van der Waals surface area contributed by atoms with Gasteiger partial charge in [-0.05, 0) is 18.6 Å². The summed E-state index contributed by atoms with van der Waals surface area (Å²) in [5.74, 6) is -1.09. The minimum atomic E-state index is -0.998. The molecule has 0 saturated carbocycles. The number of ether oxygens (including phenoxy) is 2. The zero-order valence-electron chi connectivity index (χ0n) is 10.5. The summed E-state index contributed by atoms with van der Waals surface area (Å²) in [6.07, 6.45) is 2.22. The Balaban J connectivity index is 2.74. The molecule has 1 atom stereocenters. The lowest BCUT2D eigenvalue weighted by Gasteiger charge is -2.11. The van der Waals surface area contributed by atoms with Gasteiger partial charge < -0.3 is 9.47 Å². The summed E-state index contributed by atoms with van der Waals surface area (Å²) in [6, 6.07) is 9.42. The van der Waals surface area contributed by atoms with Crippen molar-refractivity contribution in [3.8, 4) is 0 Å². The Morgan fingerprint density at radius 1 is 1.28 bits per heavy atom. The Morgan fingerprint density at radius 3 is 2.50 bits per heavy atom. The Hall–Kier alpha value is -2.10.